The average Bonchev–Trinajstić information content (AvgIpc) is 2.85. The normalized spacial score (nSPS) is 29.2. The van der Waals surface area contributed by atoms with Crippen LogP contribution in [0.5, 0.6) is 5.88 Å². The Morgan fingerprint density at radius 1 is 1.48 bits per heavy atom. The van der Waals surface area contributed by atoms with Crippen molar-refractivity contribution < 1.29 is 9.53 Å². The van der Waals surface area contributed by atoms with E-state index in [1.807, 2.05) is 24.8 Å². The number of carbonyl (C=O) groups excluding carboxylic acids is 1. The number of carbonyl (C=O) groups is 1. The van der Waals surface area contributed by atoms with E-state index < -0.39 is 0 Å². The van der Waals surface area contributed by atoms with Crippen molar-refractivity contribution in [2.24, 2.45) is 11.3 Å². The molecule has 5 nitrogen and oxygen atoms in total. The number of piperidine rings is 1. The number of hydrogen-bond donors (Lipinski definition) is 0. The Morgan fingerprint density at radius 2 is 2.26 bits per heavy atom. The van der Waals surface area contributed by atoms with Gasteiger partial charge in [0.25, 0.3) is 5.91 Å². The zero-order valence-corrected chi connectivity index (χ0v) is 14.4. The van der Waals surface area contributed by atoms with E-state index in [1.165, 1.54) is 6.42 Å². The van der Waals surface area contributed by atoms with Crippen molar-refractivity contribution in [1.82, 2.24) is 14.8 Å². The predicted octanol–water partition coefficient (Wildman–Crippen LogP) is 2.30. The summed E-state index contributed by atoms with van der Waals surface area (Å²) in [5, 5.41) is 0. The molecule has 2 aliphatic heterocycles. The summed E-state index contributed by atoms with van der Waals surface area (Å²) in [4.78, 5) is 21.5. The van der Waals surface area contributed by atoms with Gasteiger partial charge in [-0.1, -0.05) is 6.92 Å². The van der Waals surface area contributed by atoms with Gasteiger partial charge in [0.05, 0.1) is 24.9 Å². The second kappa shape index (κ2) is 4.94. The van der Waals surface area contributed by atoms with E-state index in [0.29, 0.717) is 17.8 Å². The van der Waals surface area contributed by atoms with Crippen molar-refractivity contribution in [2.75, 3.05) is 20.2 Å². The molecule has 1 saturated carbocycles. The maximum atomic E-state index is 12.6. The van der Waals surface area contributed by atoms with Gasteiger partial charge in [0.15, 0.2) is 0 Å². The third-order valence-electron chi connectivity index (χ3n) is 5.76. The van der Waals surface area contributed by atoms with Gasteiger partial charge >= 0.3 is 0 Å². The van der Waals surface area contributed by atoms with Gasteiger partial charge < -0.3 is 9.64 Å². The smallest absolute Gasteiger partial charge is 0.256 e. The second-order valence-electron chi connectivity index (χ2n) is 7.90. The van der Waals surface area contributed by atoms with Crippen LogP contribution in [0.3, 0.4) is 0 Å². The second-order valence-corrected chi connectivity index (χ2v) is 7.90. The highest BCUT2D eigenvalue weighted by Crippen LogP contribution is 2.57. The molecule has 0 spiro atoms. The number of hydrogen-bond acceptors (Lipinski definition) is 4. The highest BCUT2D eigenvalue weighted by atomic mass is 16.5. The predicted molar refractivity (Wildman–Crippen MR) is 87.3 cm³/mol. The number of ether oxygens (including phenoxy) is 1. The molecule has 3 heterocycles. The SMILES string of the molecule is COc1nc2c(cc1CN1CC3CC3(C)C1)C(=O)N(C(C)C)C2. The van der Waals surface area contributed by atoms with Crippen LogP contribution >= 0.6 is 0 Å². The lowest BCUT2D eigenvalue weighted by atomic mass is 10.1. The molecule has 1 amide bonds. The van der Waals surface area contributed by atoms with Gasteiger partial charge in [-0.2, -0.15) is 0 Å². The van der Waals surface area contributed by atoms with Crippen molar-refractivity contribution in [2.45, 2.75) is 46.3 Å². The lowest BCUT2D eigenvalue weighted by Gasteiger charge is -2.20. The van der Waals surface area contributed by atoms with E-state index in [0.717, 1.165) is 42.4 Å². The Labute approximate surface area is 137 Å². The fourth-order valence-corrected chi connectivity index (χ4v) is 4.21. The molecule has 1 aromatic heterocycles. The quantitative estimate of drug-likeness (QED) is 0.855. The van der Waals surface area contributed by atoms with Crippen LogP contribution in [-0.4, -0.2) is 46.9 Å². The summed E-state index contributed by atoms with van der Waals surface area (Å²) in [5.74, 6) is 1.63. The number of fused-ring (bicyclic) bond motifs is 2. The number of likely N-dealkylation sites (tertiary alicyclic amines) is 1. The molecule has 2 fully saturated rings. The van der Waals surface area contributed by atoms with Crippen LogP contribution in [0.1, 0.15) is 48.8 Å². The third kappa shape index (κ3) is 2.33. The minimum absolute atomic E-state index is 0.0997. The fraction of sp³-hybridized carbons (Fsp3) is 0.667. The zero-order valence-electron chi connectivity index (χ0n) is 14.4. The van der Waals surface area contributed by atoms with Crippen LogP contribution in [0.4, 0.5) is 0 Å². The molecule has 1 aliphatic carbocycles. The topological polar surface area (TPSA) is 45.7 Å². The molecule has 4 rings (SSSR count). The molecular weight excluding hydrogens is 290 g/mol. The highest BCUT2D eigenvalue weighted by Gasteiger charge is 2.55. The van der Waals surface area contributed by atoms with E-state index in [1.54, 1.807) is 7.11 Å². The molecule has 23 heavy (non-hydrogen) atoms. The summed E-state index contributed by atoms with van der Waals surface area (Å²) >= 11 is 0. The van der Waals surface area contributed by atoms with E-state index in [9.17, 15) is 4.79 Å². The van der Waals surface area contributed by atoms with Gasteiger partial charge in [-0.25, -0.2) is 4.98 Å². The molecule has 1 aromatic rings. The summed E-state index contributed by atoms with van der Waals surface area (Å²) in [6.07, 6.45) is 1.37. The molecular formula is C18H25N3O2. The summed E-state index contributed by atoms with van der Waals surface area (Å²) in [6, 6.07) is 2.20. The van der Waals surface area contributed by atoms with Crippen LogP contribution in [-0.2, 0) is 13.1 Å². The summed E-state index contributed by atoms with van der Waals surface area (Å²) in [6.45, 7) is 10.2. The summed E-state index contributed by atoms with van der Waals surface area (Å²) in [7, 11) is 1.66. The van der Waals surface area contributed by atoms with Crippen LogP contribution in [0.2, 0.25) is 0 Å². The van der Waals surface area contributed by atoms with E-state index in [2.05, 4.69) is 16.8 Å². The van der Waals surface area contributed by atoms with E-state index >= 15 is 0 Å². The Bertz CT molecular complexity index is 672. The molecule has 1 saturated heterocycles. The van der Waals surface area contributed by atoms with Crippen LogP contribution in [0.15, 0.2) is 6.07 Å². The molecule has 2 atom stereocenters. The van der Waals surface area contributed by atoms with Gasteiger partial charge in [-0.3, -0.25) is 9.69 Å². The first kappa shape index (κ1) is 14.9. The third-order valence-corrected chi connectivity index (χ3v) is 5.76. The molecule has 0 N–H and O–H groups in total. The Kier molecular flexibility index (Phi) is 3.21. The van der Waals surface area contributed by atoms with Crippen molar-refractivity contribution in [3.05, 3.63) is 22.9 Å². The number of nitrogens with zero attached hydrogens (tertiary/aromatic N) is 3. The molecule has 124 valence electrons. The first-order valence-corrected chi connectivity index (χ1v) is 8.51. The van der Waals surface area contributed by atoms with Gasteiger partial charge in [0.1, 0.15) is 0 Å². The Balaban J connectivity index is 1.60. The number of methoxy groups -OCH3 is 1. The first-order valence-electron chi connectivity index (χ1n) is 8.51. The number of aromatic nitrogens is 1. The number of amides is 1. The van der Waals surface area contributed by atoms with E-state index in [4.69, 9.17) is 4.74 Å². The van der Waals surface area contributed by atoms with E-state index in [-0.39, 0.29) is 11.9 Å². The number of rotatable bonds is 4. The standard InChI is InChI=1S/C18H25N3O2/c1-11(2)21-9-15-14(17(21)22)5-12(16(19-15)23-4)7-20-8-13-6-18(13,3)10-20/h5,11,13H,6-10H2,1-4H3. The van der Waals surface area contributed by atoms with Crippen molar-refractivity contribution in [3.8, 4) is 5.88 Å². The fourth-order valence-electron chi connectivity index (χ4n) is 4.21. The lowest BCUT2D eigenvalue weighted by Crippen LogP contribution is -2.30. The van der Waals surface area contributed by atoms with Crippen molar-refractivity contribution in [3.63, 3.8) is 0 Å². The Morgan fingerprint density at radius 3 is 2.87 bits per heavy atom. The minimum Gasteiger partial charge on any atom is -0.481 e. The molecule has 0 radical (unpaired) electrons. The van der Waals surface area contributed by atoms with Crippen molar-refractivity contribution >= 4 is 5.91 Å². The van der Waals surface area contributed by atoms with Crippen molar-refractivity contribution in [1.29, 1.82) is 0 Å². The molecule has 2 unspecified atom stereocenters. The largest absolute Gasteiger partial charge is 0.481 e. The lowest BCUT2D eigenvalue weighted by molar-refractivity contribution is 0.0730. The van der Waals surface area contributed by atoms with Gasteiger partial charge in [-0.15, -0.1) is 0 Å². The molecule has 0 bridgehead atoms. The monoisotopic (exact) mass is 315 g/mol. The molecule has 0 aromatic carbocycles. The highest BCUT2D eigenvalue weighted by molar-refractivity contribution is 5.98. The zero-order chi connectivity index (χ0) is 16.4. The van der Waals surface area contributed by atoms with Gasteiger partial charge in [0, 0.05) is 31.2 Å². The Hall–Kier alpha value is -1.62. The maximum Gasteiger partial charge on any atom is 0.256 e. The van der Waals surface area contributed by atoms with Crippen LogP contribution in [0, 0.1) is 11.3 Å². The van der Waals surface area contributed by atoms with Gasteiger partial charge in [-0.05, 0) is 37.7 Å². The molecule has 5 heteroatoms. The summed E-state index contributed by atoms with van der Waals surface area (Å²) < 4.78 is 5.51. The van der Waals surface area contributed by atoms with Crippen LogP contribution in [0.25, 0.3) is 0 Å². The average molecular weight is 315 g/mol. The number of pyridine rings is 1. The molecule has 3 aliphatic rings. The van der Waals surface area contributed by atoms with Crippen LogP contribution < -0.4 is 4.74 Å². The summed E-state index contributed by atoms with van der Waals surface area (Å²) in [5.41, 5.74) is 3.17. The first-order chi connectivity index (χ1) is 10.9. The maximum absolute atomic E-state index is 12.6. The minimum atomic E-state index is 0.0997. The van der Waals surface area contributed by atoms with Gasteiger partial charge in [0.2, 0.25) is 5.88 Å².